The second kappa shape index (κ2) is 5.33. The Balaban J connectivity index is 2.10. The van der Waals surface area contributed by atoms with Crippen LogP contribution in [0.4, 0.5) is 5.82 Å². The van der Waals surface area contributed by atoms with E-state index in [1.165, 1.54) is 11.8 Å². The first-order valence-electron chi connectivity index (χ1n) is 4.98. The molecule has 0 fully saturated rings. The van der Waals surface area contributed by atoms with Gasteiger partial charge in [-0.15, -0.1) is 0 Å². The van der Waals surface area contributed by atoms with E-state index in [1.54, 1.807) is 12.3 Å². The standard InChI is InChI=1S/C11H11ClN4S/c1-7-5-9(13)16-11(15-7)17-6-8-3-2-4-14-10(8)12/h2-5H,6H2,1H3,(H2,13,15,16). The molecule has 0 aliphatic rings. The zero-order valence-corrected chi connectivity index (χ0v) is 10.8. The third-order valence-corrected chi connectivity index (χ3v) is 3.28. The summed E-state index contributed by atoms with van der Waals surface area (Å²) in [5, 5.41) is 1.17. The average Bonchev–Trinajstić information content (AvgIpc) is 2.27. The summed E-state index contributed by atoms with van der Waals surface area (Å²) in [6.07, 6.45) is 1.66. The summed E-state index contributed by atoms with van der Waals surface area (Å²) in [4.78, 5) is 12.4. The Morgan fingerprint density at radius 1 is 1.41 bits per heavy atom. The third-order valence-electron chi connectivity index (χ3n) is 2.05. The van der Waals surface area contributed by atoms with E-state index in [-0.39, 0.29) is 0 Å². The summed E-state index contributed by atoms with van der Waals surface area (Å²) >= 11 is 7.45. The third kappa shape index (κ3) is 3.31. The zero-order valence-electron chi connectivity index (χ0n) is 9.22. The summed E-state index contributed by atoms with van der Waals surface area (Å²) in [6, 6.07) is 5.52. The van der Waals surface area contributed by atoms with Gasteiger partial charge in [-0.3, -0.25) is 0 Å². The van der Waals surface area contributed by atoms with Gasteiger partial charge in [0.1, 0.15) is 11.0 Å². The number of nitrogens with two attached hydrogens (primary N) is 1. The van der Waals surface area contributed by atoms with Crippen LogP contribution in [-0.2, 0) is 5.75 Å². The molecule has 2 N–H and O–H groups in total. The molecule has 0 bridgehead atoms. The van der Waals surface area contributed by atoms with E-state index in [9.17, 15) is 0 Å². The lowest BCUT2D eigenvalue weighted by atomic mass is 10.3. The van der Waals surface area contributed by atoms with E-state index in [0.717, 1.165) is 11.3 Å². The van der Waals surface area contributed by atoms with Crippen LogP contribution in [-0.4, -0.2) is 15.0 Å². The fraction of sp³-hybridized carbons (Fsp3) is 0.182. The summed E-state index contributed by atoms with van der Waals surface area (Å²) in [6.45, 7) is 1.89. The van der Waals surface area contributed by atoms with Crippen LogP contribution in [0.25, 0.3) is 0 Å². The number of nitrogen functional groups attached to an aromatic ring is 1. The van der Waals surface area contributed by atoms with Gasteiger partial charge in [-0.2, -0.15) is 0 Å². The Morgan fingerprint density at radius 2 is 2.24 bits per heavy atom. The molecule has 2 rings (SSSR count). The fourth-order valence-electron chi connectivity index (χ4n) is 1.30. The Hall–Kier alpha value is -1.33. The predicted octanol–water partition coefficient (Wildman–Crippen LogP) is 2.71. The van der Waals surface area contributed by atoms with Gasteiger partial charge in [-0.25, -0.2) is 15.0 Å². The minimum absolute atomic E-state index is 0.484. The number of aryl methyl sites for hydroxylation is 1. The smallest absolute Gasteiger partial charge is 0.190 e. The lowest BCUT2D eigenvalue weighted by Crippen LogP contribution is -1.97. The van der Waals surface area contributed by atoms with Crippen molar-refractivity contribution in [3.63, 3.8) is 0 Å². The molecule has 0 radical (unpaired) electrons. The van der Waals surface area contributed by atoms with E-state index in [2.05, 4.69) is 15.0 Å². The Morgan fingerprint density at radius 3 is 2.94 bits per heavy atom. The van der Waals surface area contributed by atoms with Crippen molar-refractivity contribution in [3.05, 3.63) is 40.8 Å². The monoisotopic (exact) mass is 266 g/mol. The normalized spacial score (nSPS) is 10.5. The molecule has 0 atom stereocenters. The summed E-state index contributed by atoms with van der Waals surface area (Å²) in [5.41, 5.74) is 7.47. The van der Waals surface area contributed by atoms with Crippen molar-refractivity contribution in [3.8, 4) is 0 Å². The van der Waals surface area contributed by atoms with Gasteiger partial charge < -0.3 is 5.73 Å². The maximum absolute atomic E-state index is 5.96. The molecule has 88 valence electrons. The highest BCUT2D eigenvalue weighted by Gasteiger charge is 2.04. The number of thioether (sulfide) groups is 1. The average molecular weight is 267 g/mol. The van der Waals surface area contributed by atoms with E-state index in [0.29, 0.717) is 21.9 Å². The molecular formula is C11H11ClN4S. The number of hydrogen-bond donors (Lipinski definition) is 1. The molecule has 0 amide bonds. The maximum atomic E-state index is 5.96. The number of nitrogens with zero attached hydrogens (tertiary/aromatic N) is 3. The molecule has 6 heteroatoms. The maximum Gasteiger partial charge on any atom is 0.190 e. The van der Waals surface area contributed by atoms with Gasteiger partial charge in [0.05, 0.1) is 0 Å². The second-order valence-corrected chi connectivity index (χ2v) is 4.76. The Bertz CT molecular complexity index is 512. The minimum atomic E-state index is 0.484. The number of halogens is 1. The van der Waals surface area contributed by atoms with Crippen molar-refractivity contribution in [2.24, 2.45) is 0 Å². The molecule has 2 heterocycles. The molecule has 0 spiro atoms. The predicted molar refractivity (Wildman–Crippen MR) is 70.0 cm³/mol. The topological polar surface area (TPSA) is 64.7 Å². The molecule has 2 aromatic heterocycles. The van der Waals surface area contributed by atoms with Gasteiger partial charge in [-0.1, -0.05) is 29.4 Å². The van der Waals surface area contributed by atoms with Crippen LogP contribution in [0.5, 0.6) is 0 Å². The first kappa shape index (κ1) is 12.1. The number of aromatic nitrogens is 3. The molecule has 2 aromatic rings. The number of pyridine rings is 1. The number of rotatable bonds is 3. The lowest BCUT2D eigenvalue weighted by molar-refractivity contribution is 0.940. The van der Waals surface area contributed by atoms with Gasteiger partial charge in [0.25, 0.3) is 0 Å². The van der Waals surface area contributed by atoms with Crippen LogP contribution < -0.4 is 5.73 Å². The summed E-state index contributed by atoms with van der Waals surface area (Å²) < 4.78 is 0. The quantitative estimate of drug-likeness (QED) is 0.526. The minimum Gasteiger partial charge on any atom is -0.384 e. The molecule has 0 aliphatic carbocycles. The second-order valence-electron chi connectivity index (χ2n) is 3.46. The summed E-state index contributed by atoms with van der Waals surface area (Å²) in [7, 11) is 0. The van der Waals surface area contributed by atoms with Gasteiger partial charge in [0.15, 0.2) is 5.16 Å². The van der Waals surface area contributed by atoms with Crippen molar-refractivity contribution < 1.29 is 0 Å². The lowest BCUT2D eigenvalue weighted by Gasteiger charge is -2.03. The van der Waals surface area contributed by atoms with Gasteiger partial charge in [-0.05, 0) is 18.6 Å². The zero-order chi connectivity index (χ0) is 12.3. The van der Waals surface area contributed by atoms with Crippen LogP contribution in [0, 0.1) is 6.92 Å². The van der Waals surface area contributed by atoms with E-state index in [1.807, 2.05) is 19.1 Å². The molecule has 17 heavy (non-hydrogen) atoms. The van der Waals surface area contributed by atoms with Crippen LogP contribution in [0.1, 0.15) is 11.3 Å². The van der Waals surface area contributed by atoms with E-state index < -0.39 is 0 Å². The first-order chi connectivity index (χ1) is 8.15. The number of anilines is 1. The van der Waals surface area contributed by atoms with Crippen LogP contribution in [0.15, 0.2) is 29.6 Å². The van der Waals surface area contributed by atoms with E-state index in [4.69, 9.17) is 17.3 Å². The largest absolute Gasteiger partial charge is 0.384 e. The molecule has 4 nitrogen and oxygen atoms in total. The molecule has 0 saturated carbocycles. The van der Waals surface area contributed by atoms with Gasteiger partial charge in [0, 0.05) is 23.7 Å². The molecule has 0 unspecified atom stereocenters. The Kier molecular flexibility index (Phi) is 3.81. The molecule has 0 saturated heterocycles. The van der Waals surface area contributed by atoms with E-state index >= 15 is 0 Å². The van der Waals surface area contributed by atoms with Crippen LogP contribution in [0.3, 0.4) is 0 Å². The Labute approximate surface area is 109 Å². The van der Waals surface area contributed by atoms with Crippen molar-refractivity contribution >= 4 is 29.2 Å². The van der Waals surface area contributed by atoms with Crippen molar-refractivity contribution in [2.75, 3.05) is 5.73 Å². The molecule has 0 aromatic carbocycles. The highest BCUT2D eigenvalue weighted by Crippen LogP contribution is 2.23. The van der Waals surface area contributed by atoms with Crippen molar-refractivity contribution in [1.29, 1.82) is 0 Å². The van der Waals surface area contributed by atoms with Gasteiger partial charge in [0.2, 0.25) is 0 Å². The van der Waals surface area contributed by atoms with Crippen molar-refractivity contribution in [2.45, 2.75) is 17.8 Å². The van der Waals surface area contributed by atoms with Crippen molar-refractivity contribution in [1.82, 2.24) is 15.0 Å². The highest BCUT2D eigenvalue weighted by atomic mass is 35.5. The first-order valence-corrected chi connectivity index (χ1v) is 6.35. The van der Waals surface area contributed by atoms with Crippen LogP contribution >= 0.6 is 23.4 Å². The molecule has 0 aliphatic heterocycles. The summed E-state index contributed by atoms with van der Waals surface area (Å²) in [5.74, 6) is 1.16. The SMILES string of the molecule is Cc1cc(N)nc(SCc2cccnc2Cl)n1. The van der Waals surface area contributed by atoms with Gasteiger partial charge >= 0.3 is 0 Å². The highest BCUT2D eigenvalue weighted by molar-refractivity contribution is 7.98. The number of hydrogen-bond acceptors (Lipinski definition) is 5. The fourth-order valence-corrected chi connectivity index (χ4v) is 2.46. The van der Waals surface area contributed by atoms with Crippen LogP contribution in [0.2, 0.25) is 5.15 Å². The molecular weight excluding hydrogens is 256 g/mol.